The molecule has 2 heterocycles. The zero-order valence-corrected chi connectivity index (χ0v) is 19.6. The van der Waals surface area contributed by atoms with Gasteiger partial charge >= 0.3 is 0 Å². The Morgan fingerprint density at radius 3 is 2.88 bits per heavy atom. The molecule has 1 aliphatic heterocycles. The van der Waals surface area contributed by atoms with Crippen LogP contribution in [-0.2, 0) is 21.4 Å². The molecule has 1 unspecified atom stereocenters. The van der Waals surface area contributed by atoms with E-state index in [9.17, 15) is 13.2 Å². The molecule has 1 aliphatic carbocycles. The fraction of sp³-hybridized carbons (Fsp3) is 0.609. The molecule has 32 heavy (non-hydrogen) atoms. The molecule has 1 N–H and O–H groups in total. The molecule has 1 fully saturated rings. The van der Waals surface area contributed by atoms with E-state index in [1.165, 1.54) is 22.7 Å². The lowest BCUT2D eigenvalue weighted by Crippen LogP contribution is -2.51. The maximum atomic E-state index is 13.5. The molecule has 1 amide bonds. The number of carbonyl (C=O) groups excluding carboxylic acids is 1. The molecule has 9 heteroatoms. The van der Waals surface area contributed by atoms with Gasteiger partial charge in [-0.2, -0.15) is 4.31 Å². The number of aryl methyl sites for hydroxylation is 1. The Labute approximate surface area is 190 Å². The summed E-state index contributed by atoms with van der Waals surface area (Å²) < 4.78 is 30.1. The predicted molar refractivity (Wildman–Crippen MR) is 124 cm³/mol. The van der Waals surface area contributed by atoms with Gasteiger partial charge in [-0.3, -0.25) is 4.79 Å². The summed E-state index contributed by atoms with van der Waals surface area (Å²) in [4.78, 5) is 13.1. The van der Waals surface area contributed by atoms with Crippen molar-refractivity contribution in [3.63, 3.8) is 0 Å². The Kier molecular flexibility index (Phi) is 7.25. The van der Waals surface area contributed by atoms with E-state index in [0.29, 0.717) is 25.0 Å². The predicted octanol–water partition coefficient (Wildman–Crippen LogP) is 3.39. The van der Waals surface area contributed by atoms with E-state index in [2.05, 4.69) is 28.6 Å². The number of nitrogens with one attached hydrogen (secondary N) is 1. The first-order valence-corrected chi connectivity index (χ1v) is 13.3. The van der Waals surface area contributed by atoms with Crippen molar-refractivity contribution in [3.05, 3.63) is 29.8 Å². The fourth-order valence-corrected chi connectivity index (χ4v) is 6.35. The minimum Gasteiger partial charge on any atom is -0.354 e. The van der Waals surface area contributed by atoms with Crippen molar-refractivity contribution >= 4 is 27.0 Å². The third-order valence-electron chi connectivity index (χ3n) is 6.41. The Hall–Kier alpha value is -2.26. The van der Waals surface area contributed by atoms with Gasteiger partial charge in [-0.25, -0.2) is 13.1 Å². The second kappa shape index (κ2) is 10.1. The fourth-order valence-electron chi connectivity index (χ4n) is 4.68. The number of sulfonamides is 1. The van der Waals surface area contributed by atoms with Crippen molar-refractivity contribution in [3.8, 4) is 0 Å². The third-order valence-corrected chi connectivity index (χ3v) is 8.32. The van der Waals surface area contributed by atoms with Crippen molar-refractivity contribution in [2.24, 2.45) is 0 Å². The monoisotopic (exact) mass is 459 g/mol. The van der Waals surface area contributed by atoms with Gasteiger partial charge in [0.1, 0.15) is 11.6 Å². The lowest BCUT2D eigenvalue weighted by Gasteiger charge is -2.33. The first kappa shape index (κ1) is 22.9. The van der Waals surface area contributed by atoms with Crippen LogP contribution < -0.4 is 5.32 Å². The van der Waals surface area contributed by atoms with Gasteiger partial charge in [0.05, 0.1) is 10.4 Å². The summed E-state index contributed by atoms with van der Waals surface area (Å²) in [5.74, 6) is -0.195. The van der Waals surface area contributed by atoms with Crippen LogP contribution in [0.3, 0.4) is 0 Å². The quantitative estimate of drug-likeness (QED) is 0.610. The van der Waals surface area contributed by atoms with Crippen LogP contribution in [0.15, 0.2) is 34.7 Å². The van der Waals surface area contributed by atoms with Crippen LogP contribution in [-0.4, -0.2) is 52.8 Å². The molecular weight excluding hydrogens is 426 g/mol. The molecule has 4 rings (SSSR count). The maximum Gasteiger partial charge on any atom is 0.243 e. The number of hydrogen-bond acceptors (Lipinski definition) is 5. The second-order valence-corrected chi connectivity index (χ2v) is 10.6. The van der Waals surface area contributed by atoms with Gasteiger partial charge in [-0.15, -0.1) is 5.10 Å². The van der Waals surface area contributed by atoms with E-state index in [4.69, 9.17) is 0 Å². The standard InChI is InChI=1S/C23H33N5O3S/c1-2-15-27-21-12-11-19(17-20(21)25-26-27)32(30,31)28-16-7-6-10-22(28)23(29)24-14-13-18-8-4-3-5-9-18/h8,11-12,17,22H,2-7,9-10,13-16H2,1H3,(H,24,29). The first-order chi connectivity index (χ1) is 15.5. The average Bonchev–Trinajstić information content (AvgIpc) is 3.22. The molecule has 0 radical (unpaired) electrons. The minimum atomic E-state index is -3.81. The summed E-state index contributed by atoms with van der Waals surface area (Å²) in [6, 6.07) is 4.27. The lowest BCUT2D eigenvalue weighted by atomic mass is 9.97. The largest absolute Gasteiger partial charge is 0.354 e. The zero-order chi connectivity index (χ0) is 22.6. The molecule has 1 aromatic heterocycles. The van der Waals surface area contributed by atoms with Crippen LogP contribution in [0.25, 0.3) is 11.0 Å². The van der Waals surface area contributed by atoms with Crippen LogP contribution in [0.1, 0.15) is 64.7 Å². The average molecular weight is 460 g/mol. The van der Waals surface area contributed by atoms with E-state index in [1.807, 2.05) is 0 Å². The second-order valence-electron chi connectivity index (χ2n) is 8.74. The normalized spacial score (nSPS) is 20.3. The van der Waals surface area contributed by atoms with Gasteiger partial charge in [0.25, 0.3) is 0 Å². The number of aromatic nitrogens is 3. The Bertz CT molecular complexity index is 1090. The SMILES string of the molecule is CCCn1nnc2cc(S(=O)(=O)N3CCCCC3C(=O)NCCC3=CCCCC3)ccc21. The van der Waals surface area contributed by atoms with Gasteiger partial charge in [0, 0.05) is 19.6 Å². The van der Waals surface area contributed by atoms with Gasteiger partial charge in [0.15, 0.2) is 0 Å². The topological polar surface area (TPSA) is 97.2 Å². The number of rotatable bonds is 8. The Balaban J connectivity index is 1.48. The summed E-state index contributed by atoms with van der Waals surface area (Å²) in [5.41, 5.74) is 2.77. The molecule has 2 aromatic rings. The van der Waals surface area contributed by atoms with Crippen molar-refractivity contribution in [2.45, 2.75) is 82.2 Å². The van der Waals surface area contributed by atoms with E-state index in [1.54, 1.807) is 22.9 Å². The molecule has 0 spiro atoms. The minimum absolute atomic E-state index is 0.167. The van der Waals surface area contributed by atoms with Crippen molar-refractivity contribution in [1.29, 1.82) is 0 Å². The zero-order valence-electron chi connectivity index (χ0n) is 18.8. The number of carbonyl (C=O) groups is 1. The van der Waals surface area contributed by atoms with E-state index >= 15 is 0 Å². The van der Waals surface area contributed by atoms with E-state index in [0.717, 1.165) is 50.6 Å². The molecular formula is C23H33N5O3S. The van der Waals surface area contributed by atoms with Crippen molar-refractivity contribution < 1.29 is 13.2 Å². The number of piperidine rings is 1. The Morgan fingerprint density at radius 1 is 1.22 bits per heavy atom. The molecule has 174 valence electrons. The van der Waals surface area contributed by atoms with E-state index < -0.39 is 16.1 Å². The van der Waals surface area contributed by atoms with Crippen LogP contribution in [0.5, 0.6) is 0 Å². The highest BCUT2D eigenvalue weighted by Gasteiger charge is 2.37. The molecule has 1 atom stereocenters. The van der Waals surface area contributed by atoms with Crippen LogP contribution in [0, 0.1) is 0 Å². The number of hydrogen-bond donors (Lipinski definition) is 1. The lowest BCUT2D eigenvalue weighted by molar-refractivity contribution is -0.125. The number of fused-ring (bicyclic) bond motifs is 1. The molecule has 1 aromatic carbocycles. The first-order valence-electron chi connectivity index (χ1n) is 11.8. The van der Waals surface area contributed by atoms with Crippen molar-refractivity contribution in [1.82, 2.24) is 24.6 Å². The summed E-state index contributed by atoms with van der Waals surface area (Å²) in [6.45, 7) is 3.70. The summed E-state index contributed by atoms with van der Waals surface area (Å²) >= 11 is 0. The van der Waals surface area contributed by atoms with Crippen LogP contribution >= 0.6 is 0 Å². The van der Waals surface area contributed by atoms with Gasteiger partial charge < -0.3 is 5.32 Å². The van der Waals surface area contributed by atoms with Crippen LogP contribution in [0.2, 0.25) is 0 Å². The smallest absolute Gasteiger partial charge is 0.243 e. The summed E-state index contributed by atoms with van der Waals surface area (Å²) in [7, 11) is -3.81. The third kappa shape index (κ3) is 4.88. The summed E-state index contributed by atoms with van der Waals surface area (Å²) in [5, 5.41) is 11.3. The Morgan fingerprint density at radius 2 is 2.09 bits per heavy atom. The van der Waals surface area contributed by atoms with E-state index in [-0.39, 0.29) is 10.8 Å². The highest BCUT2D eigenvalue weighted by molar-refractivity contribution is 7.89. The van der Waals surface area contributed by atoms with Gasteiger partial charge in [-0.05, 0) is 69.6 Å². The molecule has 0 bridgehead atoms. The molecule has 1 saturated heterocycles. The number of allylic oxidation sites excluding steroid dienone is 1. The number of amides is 1. The summed E-state index contributed by atoms with van der Waals surface area (Å²) in [6.07, 6.45) is 10.9. The van der Waals surface area contributed by atoms with Crippen molar-refractivity contribution in [2.75, 3.05) is 13.1 Å². The number of benzene rings is 1. The van der Waals surface area contributed by atoms with Crippen LogP contribution in [0.4, 0.5) is 0 Å². The van der Waals surface area contributed by atoms with Gasteiger partial charge in [0.2, 0.25) is 15.9 Å². The molecule has 8 nitrogen and oxygen atoms in total. The number of nitrogens with zero attached hydrogens (tertiary/aromatic N) is 4. The van der Waals surface area contributed by atoms with Gasteiger partial charge in [-0.1, -0.05) is 30.2 Å². The maximum absolute atomic E-state index is 13.5. The molecule has 0 saturated carbocycles. The molecule has 2 aliphatic rings. The highest BCUT2D eigenvalue weighted by atomic mass is 32.2. The highest BCUT2D eigenvalue weighted by Crippen LogP contribution is 2.27.